The number of carbonyl (C=O) groups is 2. The molecule has 11 atom stereocenters. The molecule has 3 saturated carbocycles. The molecule has 2 aliphatic heterocycles. The Morgan fingerprint density at radius 3 is 2.56 bits per heavy atom. The lowest BCUT2D eigenvalue weighted by Gasteiger charge is -2.59. The molecule has 6 aliphatic rings. The molecule has 2 N–H and O–H groups in total. The van der Waals surface area contributed by atoms with Crippen LogP contribution in [0.3, 0.4) is 0 Å². The van der Waals surface area contributed by atoms with E-state index in [2.05, 4.69) is 6.92 Å². The van der Waals surface area contributed by atoms with Crippen LogP contribution in [0.5, 0.6) is 0 Å². The Labute approximate surface area is 201 Å². The molecule has 4 aliphatic carbocycles. The van der Waals surface area contributed by atoms with Gasteiger partial charge in [0.15, 0.2) is 5.78 Å². The fourth-order valence-electron chi connectivity index (χ4n) is 9.56. The van der Waals surface area contributed by atoms with E-state index < -0.39 is 28.8 Å². The van der Waals surface area contributed by atoms with Crippen LogP contribution in [0.1, 0.15) is 73.1 Å². The van der Waals surface area contributed by atoms with E-state index in [-0.39, 0.29) is 35.1 Å². The highest BCUT2D eigenvalue weighted by Gasteiger charge is 2.80. The van der Waals surface area contributed by atoms with Gasteiger partial charge in [-0.05, 0) is 101 Å². The zero-order chi connectivity index (χ0) is 24.4. The van der Waals surface area contributed by atoms with Gasteiger partial charge in [0.25, 0.3) is 0 Å². The number of cyclic esters (lactones) is 1. The molecule has 0 aromatic heterocycles. The summed E-state index contributed by atoms with van der Waals surface area (Å²) in [4.78, 5) is 25.7. The molecule has 0 bridgehead atoms. The number of aliphatic hydroxyl groups excluding tert-OH is 1. The molecule has 34 heavy (non-hydrogen) atoms. The maximum Gasteiger partial charge on any atom is 0.334 e. The van der Waals surface area contributed by atoms with Gasteiger partial charge in [-0.15, -0.1) is 0 Å². The van der Waals surface area contributed by atoms with Gasteiger partial charge in [-0.2, -0.15) is 0 Å². The highest BCUT2D eigenvalue weighted by atomic mass is 16.6. The predicted molar refractivity (Wildman–Crippen MR) is 125 cm³/mol. The van der Waals surface area contributed by atoms with Gasteiger partial charge in [0.05, 0.1) is 11.5 Å². The Morgan fingerprint density at radius 2 is 1.85 bits per heavy atom. The number of carbonyl (C=O) groups excluding carboxylic acids is 2. The largest absolute Gasteiger partial charge is 0.456 e. The normalized spacial score (nSPS) is 53.3. The average Bonchev–Trinajstić information content (AvgIpc) is 3.40. The van der Waals surface area contributed by atoms with Crippen LogP contribution in [-0.4, -0.2) is 51.5 Å². The standard InChI is InChI=1S/C28H38O6/c1-14-12-22(33-24(31)15(14)2)27(5,32)19-7-6-17-16-13-23-28(34-23)21(30)9-8-20(29)26(28,4)18(16)10-11-25(17,19)3/h8-9,16-19,21-23,30,32H,6-7,10-13H2,1-5H3/t16-,17-,18+,19+,21-,22-,23+,25+,26-,27-,28+/m1/s1. The Hall–Kier alpha value is -1.50. The second kappa shape index (κ2) is 6.83. The first-order valence-corrected chi connectivity index (χ1v) is 13.1. The van der Waals surface area contributed by atoms with Crippen LogP contribution in [0, 0.1) is 34.5 Å². The first kappa shape index (κ1) is 22.9. The SMILES string of the molecule is CC1=C(C)C(=O)O[C@@H]([C@](C)(O)[C@H]2CC[C@@H]3[C@H]4C[C@@H]5O[C@@]56[C@H](O)C=CC(=O)[C@@]6(C)[C@H]4CC[C@@]32C)C1. The van der Waals surface area contributed by atoms with Gasteiger partial charge in [0, 0.05) is 12.0 Å². The van der Waals surface area contributed by atoms with E-state index in [0.29, 0.717) is 23.8 Å². The first-order chi connectivity index (χ1) is 15.9. The number of hydrogen-bond donors (Lipinski definition) is 2. The van der Waals surface area contributed by atoms with Crippen molar-refractivity contribution >= 4 is 11.8 Å². The third kappa shape index (κ3) is 2.53. The van der Waals surface area contributed by atoms with Crippen molar-refractivity contribution in [2.45, 2.75) is 103 Å². The first-order valence-electron chi connectivity index (χ1n) is 13.1. The topological polar surface area (TPSA) is 96.4 Å². The summed E-state index contributed by atoms with van der Waals surface area (Å²) in [5, 5.41) is 22.7. The number of fused-ring (bicyclic) bond motifs is 4. The molecule has 1 saturated heterocycles. The van der Waals surface area contributed by atoms with Crippen molar-refractivity contribution < 1.29 is 29.3 Å². The van der Waals surface area contributed by atoms with E-state index in [1.54, 1.807) is 19.1 Å². The maximum absolute atomic E-state index is 13.3. The summed E-state index contributed by atoms with van der Waals surface area (Å²) in [7, 11) is 0. The molecule has 4 fully saturated rings. The van der Waals surface area contributed by atoms with Crippen LogP contribution in [-0.2, 0) is 19.1 Å². The molecule has 0 unspecified atom stereocenters. The Kier molecular flexibility index (Phi) is 4.61. The number of ketones is 1. The summed E-state index contributed by atoms with van der Waals surface area (Å²) in [5.41, 5.74) is -1.02. The lowest BCUT2D eigenvalue weighted by molar-refractivity contribution is -0.184. The van der Waals surface area contributed by atoms with E-state index in [1.165, 1.54) is 0 Å². The van der Waals surface area contributed by atoms with E-state index >= 15 is 0 Å². The fourth-order valence-corrected chi connectivity index (χ4v) is 9.56. The summed E-state index contributed by atoms with van der Waals surface area (Å²) >= 11 is 0. The predicted octanol–water partition coefficient (Wildman–Crippen LogP) is 3.50. The quantitative estimate of drug-likeness (QED) is 0.474. The minimum Gasteiger partial charge on any atom is -0.456 e. The maximum atomic E-state index is 13.3. The molecule has 6 nitrogen and oxygen atoms in total. The van der Waals surface area contributed by atoms with E-state index in [0.717, 1.165) is 37.7 Å². The number of rotatable bonds is 2. The molecule has 0 radical (unpaired) electrons. The van der Waals surface area contributed by atoms with Crippen molar-refractivity contribution in [1.82, 2.24) is 0 Å². The Bertz CT molecular complexity index is 1030. The molecule has 0 aromatic rings. The minimum atomic E-state index is -1.12. The third-order valence-electron chi connectivity index (χ3n) is 11.7. The molecule has 0 amide bonds. The second-order valence-electron chi connectivity index (χ2n) is 12.8. The van der Waals surface area contributed by atoms with Crippen molar-refractivity contribution in [2.24, 2.45) is 34.5 Å². The van der Waals surface area contributed by atoms with Gasteiger partial charge in [0.1, 0.15) is 23.4 Å². The molecular weight excluding hydrogens is 432 g/mol. The van der Waals surface area contributed by atoms with Crippen LogP contribution in [0.15, 0.2) is 23.3 Å². The van der Waals surface area contributed by atoms with Crippen LogP contribution in [0.2, 0.25) is 0 Å². The summed E-state index contributed by atoms with van der Waals surface area (Å²) < 4.78 is 12.0. The summed E-state index contributed by atoms with van der Waals surface area (Å²) in [6.45, 7) is 9.96. The second-order valence-corrected chi connectivity index (χ2v) is 12.8. The van der Waals surface area contributed by atoms with Crippen molar-refractivity contribution in [3.05, 3.63) is 23.3 Å². The highest BCUT2D eigenvalue weighted by Crippen LogP contribution is 2.73. The Balaban J connectivity index is 1.31. The number of aliphatic hydroxyl groups is 2. The van der Waals surface area contributed by atoms with Gasteiger partial charge in [-0.3, -0.25) is 4.79 Å². The lowest BCUT2D eigenvalue weighted by atomic mass is 9.44. The number of allylic oxidation sites excluding steroid dienone is 1. The molecular formula is C28H38O6. The van der Waals surface area contributed by atoms with Crippen LogP contribution in [0.4, 0.5) is 0 Å². The van der Waals surface area contributed by atoms with Crippen molar-refractivity contribution in [2.75, 3.05) is 0 Å². The summed E-state index contributed by atoms with van der Waals surface area (Å²) in [6, 6.07) is 0. The minimum absolute atomic E-state index is 0.0158. The summed E-state index contributed by atoms with van der Waals surface area (Å²) in [6.07, 6.45) is 6.96. The zero-order valence-corrected chi connectivity index (χ0v) is 21.0. The van der Waals surface area contributed by atoms with Gasteiger partial charge in [0.2, 0.25) is 0 Å². The lowest BCUT2D eigenvalue weighted by Crippen LogP contribution is -2.64. The van der Waals surface area contributed by atoms with Crippen molar-refractivity contribution in [1.29, 1.82) is 0 Å². The van der Waals surface area contributed by atoms with Gasteiger partial charge in [-0.25, -0.2) is 4.79 Å². The smallest absolute Gasteiger partial charge is 0.334 e. The van der Waals surface area contributed by atoms with Crippen molar-refractivity contribution in [3.8, 4) is 0 Å². The van der Waals surface area contributed by atoms with Crippen LogP contribution < -0.4 is 0 Å². The number of hydrogen-bond acceptors (Lipinski definition) is 6. The molecule has 2 heterocycles. The third-order valence-corrected chi connectivity index (χ3v) is 11.7. The number of epoxide rings is 1. The van der Waals surface area contributed by atoms with Crippen LogP contribution in [0.25, 0.3) is 0 Å². The number of esters is 1. The molecule has 6 rings (SSSR count). The highest BCUT2D eigenvalue weighted by molar-refractivity contribution is 5.98. The summed E-state index contributed by atoms with van der Waals surface area (Å²) in [5.74, 6) is 0.651. The Morgan fingerprint density at radius 1 is 1.12 bits per heavy atom. The fraction of sp³-hybridized carbons (Fsp3) is 0.786. The van der Waals surface area contributed by atoms with E-state index in [4.69, 9.17) is 9.47 Å². The van der Waals surface area contributed by atoms with Gasteiger partial charge < -0.3 is 19.7 Å². The van der Waals surface area contributed by atoms with Gasteiger partial charge in [-0.1, -0.05) is 12.5 Å². The molecule has 186 valence electrons. The monoisotopic (exact) mass is 470 g/mol. The van der Waals surface area contributed by atoms with Gasteiger partial charge >= 0.3 is 5.97 Å². The zero-order valence-electron chi connectivity index (χ0n) is 21.0. The van der Waals surface area contributed by atoms with Crippen LogP contribution >= 0.6 is 0 Å². The van der Waals surface area contributed by atoms with E-state index in [1.807, 2.05) is 20.8 Å². The van der Waals surface area contributed by atoms with E-state index in [9.17, 15) is 19.8 Å². The average molecular weight is 471 g/mol. The molecule has 0 aromatic carbocycles. The molecule has 6 heteroatoms. The number of ether oxygens (including phenoxy) is 2. The molecule has 1 spiro atoms. The van der Waals surface area contributed by atoms with Crippen molar-refractivity contribution in [3.63, 3.8) is 0 Å².